The maximum Gasteiger partial charge on any atom is 0.236 e. The van der Waals surface area contributed by atoms with Crippen LogP contribution in [0.5, 0.6) is 0 Å². The minimum Gasteiger partial charge on any atom is -0.341 e. The van der Waals surface area contributed by atoms with E-state index in [0.29, 0.717) is 11.3 Å². The molecule has 0 saturated carbocycles. The lowest BCUT2D eigenvalue weighted by Gasteiger charge is -2.27. The summed E-state index contributed by atoms with van der Waals surface area (Å²) in [4.78, 5) is 14.0. The summed E-state index contributed by atoms with van der Waals surface area (Å²) in [6.45, 7) is 10.7. The fourth-order valence-corrected chi connectivity index (χ4v) is 2.33. The van der Waals surface area contributed by atoms with Crippen molar-refractivity contribution in [2.45, 2.75) is 45.4 Å². The molecule has 15 heavy (non-hydrogen) atoms. The number of alkyl halides is 1. The molecule has 0 spiro atoms. The first-order valence-electron chi connectivity index (χ1n) is 5.79. The van der Waals surface area contributed by atoms with E-state index in [0.717, 1.165) is 25.9 Å². The molecular formula is C12H22BrNO. The molecule has 0 aromatic carbocycles. The molecule has 1 saturated heterocycles. The van der Waals surface area contributed by atoms with E-state index < -0.39 is 0 Å². The maximum atomic E-state index is 11.9. The number of halogens is 1. The van der Waals surface area contributed by atoms with Gasteiger partial charge in [-0.05, 0) is 24.2 Å². The summed E-state index contributed by atoms with van der Waals surface area (Å²) in [5.41, 5.74) is 0.322. The van der Waals surface area contributed by atoms with Gasteiger partial charge >= 0.3 is 0 Å². The molecule has 2 nitrogen and oxygen atoms in total. The van der Waals surface area contributed by atoms with Crippen molar-refractivity contribution in [2.75, 3.05) is 13.1 Å². The lowest BCUT2D eigenvalue weighted by Crippen LogP contribution is -2.35. The molecule has 3 heteroatoms. The fraction of sp³-hybridized carbons (Fsp3) is 0.917. The number of amides is 1. The van der Waals surface area contributed by atoms with Crippen LogP contribution in [0.2, 0.25) is 0 Å². The second-order valence-corrected chi connectivity index (χ2v) is 6.62. The molecule has 0 aromatic rings. The van der Waals surface area contributed by atoms with Crippen molar-refractivity contribution in [2.24, 2.45) is 11.3 Å². The van der Waals surface area contributed by atoms with Crippen LogP contribution in [-0.2, 0) is 4.79 Å². The third kappa shape index (κ3) is 3.20. The Labute approximate surface area is 102 Å². The molecule has 1 amide bonds. The summed E-state index contributed by atoms with van der Waals surface area (Å²) >= 11 is 3.43. The van der Waals surface area contributed by atoms with Gasteiger partial charge in [0.2, 0.25) is 5.91 Å². The lowest BCUT2D eigenvalue weighted by molar-refractivity contribution is -0.129. The van der Waals surface area contributed by atoms with Gasteiger partial charge in [0.15, 0.2) is 0 Å². The predicted molar refractivity (Wildman–Crippen MR) is 67.1 cm³/mol. The summed E-state index contributed by atoms with van der Waals surface area (Å²) < 4.78 is 0. The molecule has 1 aliphatic heterocycles. The van der Waals surface area contributed by atoms with E-state index >= 15 is 0 Å². The minimum absolute atomic E-state index is 0.0104. The van der Waals surface area contributed by atoms with Crippen molar-refractivity contribution < 1.29 is 4.79 Å². The SMILES string of the molecule is CCC(Br)C(=O)N1CCC(C(C)(C)C)C1. The van der Waals surface area contributed by atoms with Crippen LogP contribution in [0.3, 0.4) is 0 Å². The van der Waals surface area contributed by atoms with E-state index in [9.17, 15) is 4.79 Å². The fourth-order valence-electron chi connectivity index (χ4n) is 2.04. The highest BCUT2D eigenvalue weighted by atomic mass is 79.9. The molecule has 1 heterocycles. The number of nitrogens with zero attached hydrogens (tertiary/aromatic N) is 1. The zero-order valence-electron chi connectivity index (χ0n) is 10.2. The zero-order chi connectivity index (χ0) is 11.6. The Hall–Kier alpha value is -0.0500. The summed E-state index contributed by atoms with van der Waals surface area (Å²) in [5, 5.41) is 0. The standard InChI is InChI=1S/C12H22BrNO/c1-5-10(13)11(15)14-7-6-9(8-14)12(2,3)4/h9-10H,5-8H2,1-4H3. The number of carbonyl (C=O) groups excluding carboxylic acids is 1. The van der Waals surface area contributed by atoms with E-state index in [1.54, 1.807) is 0 Å². The van der Waals surface area contributed by atoms with Crippen LogP contribution in [0, 0.1) is 11.3 Å². The Morgan fingerprint density at radius 3 is 2.53 bits per heavy atom. The van der Waals surface area contributed by atoms with Gasteiger partial charge in [0, 0.05) is 13.1 Å². The number of hydrogen-bond donors (Lipinski definition) is 0. The van der Waals surface area contributed by atoms with Crippen LogP contribution < -0.4 is 0 Å². The second kappa shape index (κ2) is 4.86. The normalized spacial score (nSPS) is 24.3. The highest BCUT2D eigenvalue weighted by molar-refractivity contribution is 9.10. The average molecular weight is 276 g/mol. The molecular weight excluding hydrogens is 254 g/mol. The first kappa shape index (κ1) is 13.0. The Kier molecular flexibility index (Phi) is 4.21. The Morgan fingerprint density at radius 1 is 1.53 bits per heavy atom. The van der Waals surface area contributed by atoms with E-state index in [1.165, 1.54) is 0 Å². The van der Waals surface area contributed by atoms with Gasteiger partial charge in [0.1, 0.15) is 0 Å². The van der Waals surface area contributed by atoms with Crippen LogP contribution in [-0.4, -0.2) is 28.7 Å². The van der Waals surface area contributed by atoms with Gasteiger partial charge in [-0.2, -0.15) is 0 Å². The number of rotatable bonds is 2. The summed E-state index contributed by atoms with van der Waals surface area (Å²) in [6.07, 6.45) is 2.02. The van der Waals surface area contributed by atoms with Gasteiger partial charge in [-0.15, -0.1) is 0 Å². The van der Waals surface area contributed by atoms with Crippen molar-refractivity contribution >= 4 is 21.8 Å². The van der Waals surface area contributed by atoms with Crippen LogP contribution in [0.1, 0.15) is 40.5 Å². The molecule has 0 N–H and O–H groups in total. The van der Waals surface area contributed by atoms with E-state index in [4.69, 9.17) is 0 Å². The van der Waals surface area contributed by atoms with Crippen molar-refractivity contribution in [3.63, 3.8) is 0 Å². The third-order valence-electron chi connectivity index (χ3n) is 3.35. The van der Waals surface area contributed by atoms with Gasteiger partial charge in [-0.1, -0.05) is 43.6 Å². The minimum atomic E-state index is 0.0104. The van der Waals surface area contributed by atoms with Gasteiger partial charge in [-0.25, -0.2) is 0 Å². The Bertz CT molecular complexity index is 234. The Balaban J connectivity index is 2.53. The van der Waals surface area contributed by atoms with Gasteiger partial charge in [0.25, 0.3) is 0 Å². The van der Waals surface area contributed by atoms with E-state index in [2.05, 4.69) is 36.7 Å². The van der Waals surface area contributed by atoms with Crippen molar-refractivity contribution in [1.82, 2.24) is 4.90 Å². The second-order valence-electron chi connectivity index (χ2n) is 5.51. The molecule has 1 rings (SSSR count). The quantitative estimate of drug-likeness (QED) is 0.710. The topological polar surface area (TPSA) is 20.3 Å². The monoisotopic (exact) mass is 275 g/mol. The van der Waals surface area contributed by atoms with Gasteiger partial charge < -0.3 is 4.90 Å². The van der Waals surface area contributed by atoms with E-state index in [1.807, 2.05) is 11.8 Å². The summed E-state index contributed by atoms with van der Waals surface area (Å²) in [5.74, 6) is 0.919. The summed E-state index contributed by atoms with van der Waals surface area (Å²) in [6, 6.07) is 0. The molecule has 0 radical (unpaired) electrons. The largest absolute Gasteiger partial charge is 0.341 e. The lowest BCUT2D eigenvalue weighted by atomic mass is 9.80. The van der Waals surface area contributed by atoms with Crippen molar-refractivity contribution in [1.29, 1.82) is 0 Å². The van der Waals surface area contributed by atoms with Crippen LogP contribution >= 0.6 is 15.9 Å². The summed E-state index contributed by atoms with van der Waals surface area (Å²) in [7, 11) is 0. The number of carbonyl (C=O) groups is 1. The molecule has 88 valence electrons. The maximum absolute atomic E-state index is 11.9. The molecule has 1 aliphatic rings. The molecule has 0 aliphatic carbocycles. The predicted octanol–water partition coefficient (Wildman–Crippen LogP) is 3.05. The van der Waals surface area contributed by atoms with Gasteiger partial charge in [-0.3, -0.25) is 4.79 Å². The molecule has 0 bridgehead atoms. The average Bonchev–Trinajstić information content (AvgIpc) is 2.63. The highest BCUT2D eigenvalue weighted by Crippen LogP contribution is 2.34. The zero-order valence-corrected chi connectivity index (χ0v) is 11.8. The molecule has 1 fully saturated rings. The van der Waals surface area contributed by atoms with Crippen LogP contribution in [0.15, 0.2) is 0 Å². The smallest absolute Gasteiger partial charge is 0.236 e. The van der Waals surface area contributed by atoms with Crippen LogP contribution in [0.25, 0.3) is 0 Å². The molecule has 0 aromatic heterocycles. The van der Waals surface area contributed by atoms with Crippen molar-refractivity contribution in [3.8, 4) is 0 Å². The van der Waals surface area contributed by atoms with E-state index in [-0.39, 0.29) is 10.7 Å². The first-order valence-corrected chi connectivity index (χ1v) is 6.70. The number of likely N-dealkylation sites (tertiary alicyclic amines) is 1. The van der Waals surface area contributed by atoms with Gasteiger partial charge in [0.05, 0.1) is 4.83 Å². The molecule has 2 unspecified atom stereocenters. The molecule has 2 atom stereocenters. The Morgan fingerprint density at radius 2 is 2.13 bits per heavy atom. The van der Waals surface area contributed by atoms with Crippen LogP contribution in [0.4, 0.5) is 0 Å². The third-order valence-corrected chi connectivity index (χ3v) is 4.39. The van der Waals surface area contributed by atoms with Crippen molar-refractivity contribution in [3.05, 3.63) is 0 Å². The first-order chi connectivity index (χ1) is 6.86. The highest BCUT2D eigenvalue weighted by Gasteiger charge is 2.34. The number of hydrogen-bond acceptors (Lipinski definition) is 1.